The number of hydrogen-bond donors (Lipinski definition) is 1. The van der Waals surface area contributed by atoms with Gasteiger partial charge in [0.1, 0.15) is 17.7 Å². The Bertz CT molecular complexity index is 1180. The van der Waals surface area contributed by atoms with E-state index in [0.717, 1.165) is 33.9 Å². The molecule has 0 unspecified atom stereocenters. The molecule has 3 aromatic heterocycles. The van der Waals surface area contributed by atoms with Gasteiger partial charge in [0.25, 0.3) is 0 Å². The maximum absolute atomic E-state index is 9.58. The maximum atomic E-state index is 9.58. The lowest BCUT2D eigenvalue weighted by Crippen LogP contribution is -2.13. The molecule has 0 saturated heterocycles. The van der Waals surface area contributed by atoms with Crippen molar-refractivity contribution in [2.45, 2.75) is 13.5 Å². The van der Waals surface area contributed by atoms with E-state index in [-0.39, 0.29) is 0 Å². The molecule has 4 rings (SSSR count). The van der Waals surface area contributed by atoms with Crippen LogP contribution in [0, 0.1) is 18.3 Å². The van der Waals surface area contributed by atoms with Crippen LogP contribution in [0.2, 0.25) is 0 Å². The van der Waals surface area contributed by atoms with Gasteiger partial charge in [-0.15, -0.1) is 0 Å². The minimum absolute atomic E-state index is 0.578. The van der Waals surface area contributed by atoms with E-state index in [2.05, 4.69) is 21.4 Å². The van der Waals surface area contributed by atoms with Crippen molar-refractivity contribution < 1.29 is 0 Å². The fourth-order valence-corrected chi connectivity index (χ4v) is 3.22. The Hall–Kier alpha value is -3.59. The molecule has 0 bridgehead atoms. The summed E-state index contributed by atoms with van der Waals surface area (Å²) in [7, 11) is 3.95. The third-order valence-electron chi connectivity index (χ3n) is 4.59. The highest BCUT2D eigenvalue weighted by molar-refractivity contribution is 5.85. The first-order valence-electron chi connectivity index (χ1n) is 8.76. The lowest BCUT2D eigenvalue weighted by atomic mass is 10.1. The summed E-state index contributed by atoms with van der Waals surface area (Å²) < 4.78 is 2.01. The zero-order valence-corrected chi connectivity index (χ0v) is 15.6. The predicted octanol–water partition coefficient (Wildman–Crippen LogP) is 3.74. The molecule has 0 radical (unpaired) electrons. The van der Waals surface area contributed by atoms with E-state index >= 15 is 0 Å². The molecule has 0 aliphatic heterocycles. The van der Waals surface area contributed by atoms with Crippen molar-refractivity contribution in [1.82, 2.24) is 14.4 Å². The van der Waals surface area contributed by atoms with Crippen molar-refractivity contribution in [3.8, 4) is 6.07 Å². The third kappa shape index (κ3) is 2.93. The Balaban J connectivity index is 1.80. The van der Waals surface area contributed by atoms with Crippen LogP contribution in [0.25, 0.3) is 16.7 Å². The molecule has 0 amide bonds. The Kier molecular flexibility index (Phi) is 4.13. The Morgan fingerprint density at radius 3 is 2.70 bits per heavy atom. The Morgan fingerprint density at radius 2 is 1.93 bits per heavy atom. The summed E-state index contributed by atoms with van der Waals surface area (Å²) in [5, 5.41) is 13.1. The van der Waals surface area contributed by atoms with E-state index in [1.165, 1.54) is 0 Å². The monoisotopic (exact) mass is 356 g/mol. The largest absolute Gasteiger partial charge is 0.365 e. The molecule has 6 heteroatoms. The zero-order chi connectivity index (χ0) is 19.0. The summed E-state index contributed by atoms with van der Waals surface area (Å²) in [5.74, 6) is 1.82. The second-order valence-corrected chi connectivity index (χ2v) is 6.69. The molecule has 4 aromatic rings. The fourth-order valence-electron chi connectivity index (χ4n) is 3.22. The molecule has 1 N–H and O–H groups in total. The smallest absolute Gasteiger partial charge is 0.157 e. The first-order chi connectivity index (χ1) is 13.1. The van der Waals surface area contributed by atoms with E-state index < -0.39 is 0 Å². The third-order valence-corrected chi connectivity index (χ3v) is 4.59. The molecule has 3 heterocycles. The summed E-state index contributed by atoms with van der Waals surface area (Å²) in [6.45, 7) is 2.52. The lowest BCUT2D eigenvalue weighted by Gasteiger charge is -2.14. The average Bonchev–Trinajstić information content (AvgIpc) is 3.05. The highest BCUT2D eigenvalue weighted by atomic mass is 15.1. The number of para-hydroxylation sites is 2. The molecule has 0 spiro atoms. The number of aromatic nitrogens is 3. The number of imidazole rings is 1. The van der Waals surface area contributed by atoms with Gasteiger partial charge in [0.2, 0.25) is 0 Å². The Morgan fingerprint density at radius 1 is 1.11 bits per heavy atom. The summed E-state index contributed by atoms with van der Waals surface area (Å²) >= 11 is 0. The van der Waals surface area contributed by atoms with Crippen molar-refractivity contribution in [3.05, 3.63) is 65.4 Å². The van der Waals surface area contributed by atoms with E-state index in [1.54, 1.807) is 0 Å². The number of nitrogens with zero attached hydrogens (tertiary/aromatic N) is 5. The molecule has 1 aromatic carbocycles. The molecule has 6 nitrogen and oxygen atoms in total. The van der Waals surface area contributed by atoms with E-state index in [4.69, 9.17) is 0 Å². The van der Waals surface area contributed by atoms with Gasteiger partial charge in [-0.3, -0.25) is 4.40 Å². The van der Waals surface area contributed by atoms with Gasteiger partial charge in [0.05, 0.1) is 28.8 Å². The molecule has 0 aliphatic rings. The second-order valence-electron chi connectivity index (χ2n) is 6.69. The molecular formula is C21H20N6. The molecule has 0 fully saturated rings. The molecule has 27 heavy (non-hydrogen) atoms. The fraction of sp³-hybridized carbons (Fsp3) is 0.190. The van der Waals surface area contributed by atoms with Crippen LogP contribution in [0.5, 0.6) is 0 Å². The topological polar surface area (TPSA) is 69.2 Å². The standard InChI is InChI=1S/C21H20N6/c1-14-11-20(23-13-15-7-6-10-19(24-15)26(2)3)27-18-9-5-4-8-17(18)25-21(27)16(14)12-22/h4-11,23H,13H2,1-3H3. The summed E-state index contributed by atoms with van der Waals surface area (Å²) in [6.07, 6.45) is 0. The van der Waals surface area contributed by atoms with Gasteiger partial charge >= 0.3 is 0 Å². The minimum Gasteiger partial charge on any atom is -0.365 e. The minimum atomic E-state index is 0.578. The van der Waals surface area contributed by atoms with Crippen LogP contribution < -0.4 is 10.2 Å². The van der Waals surface area contributed by atoms with Crippen molar-refractivity contribution in [2.24, 2.45) is 0 Å². The number of benzene rings is 1. The van der Waals surface area contributed by atoms with Gasteiger partial charge in [-0.05, 0) is 42.8 Å². The van der Waals surface area contributed by atoms with E-state index in [1.807, 2.05) is 78.9 Å². The maximum Gasteiger partial charge on any atom is 0.157 e. The zero-order valence-electron chi connectivity index (χ0n) is 15.6. The number of rotatable bonds is 4. The normalized spacial score (nSPS) is 10.9. The Labute approximate surface area is 157 Å². The van der Waals surface area contributed by atoms with Gasteiger partial charge in [-0.25, -0.2) is 9.97 Å². The van der Waals surface area contributed by atoms with Gasteiger partial charge < -0.3 is 10.2 Å². The van der Waals surface area contributed by atoms with Crippen LogP contribution in [0.3, 0.4) is 0 Å². The van der Waals surface area contributed by atoms with Crippen molar-refractivity contribution in [2.75, 3.05) is 24.3 Å². The number of anilines is 2. The number of nitrogens with one attached hydrogen (secondary N) is 1. The van der Waals surface area contributed by atoms with Gasteiger partial charge in [0, 0.05) is 14.1 Å². The summed E-state index contributed by atoms with van der Waals surface area (Å²) in [4.78, 5) is 11.3. The first kappa shape index (κ1) is 16.9. The number of nitriles is 1. The van der Waals surface area contributed by atoms with Crippen LogP contribution in [0.15, 0.2) is 48.5 Å². The van der Waals surface area contributed by atoms with Crippen LogP contribution in [0.4, 0.5) is 11.6 Å². The highest BCUT2D eigenvalue weighted by Crippen LogP contribution is 2.26. The predicted molar refractivity (Wildman–Crippen MR) is 108 cm³/mol. The molecule has 0 atom stereocenters. The SMILES string of the molecule is Cc1cc(NCc2cccc(N(C)C)n2)n2c(nc3ccccc32)c1C#N. The molecule has 0 saturated carbocycles. The second kappa shape index (κ2) is 6.61. The quantitative estimate of drug-likeness (QED) is 0.603. The molecule has 134 valence electrons. The van der Waals surface area contributed by atoms with Crippen LogP contribution in [-0.2, 0) is 6.54 Å². The number of hydrogen-bond acceptors (Lipinski definition) is 5. The lowest BCUT2D eigenvalue weighted by molar-refractivity contribution is 0.983. The first-order valence-corrected chi connectivity index (χ1v) is 8.76. The van der Waals surface area contributed by atoms with Crippen LogP contribution >= 0.6 is 0 Å². The number of pyridine rings is 2. The van der Waals surface area contributed by atoms with Gasteiger partial charge in [0.15, 0.2) is 5.65 Å². The number of fused-ring (bicyclic) bond motifs is 3. The molecule has 0 aliphatic carbocycles. The molecular weight excluding hydrogens is 336 g/mol. The van der Waals surface area contributed by atoms with Crippen molar-refractivity contribution >= 4 is 28.3 Å². The van der Waals surface area contributed by atoms with E-state index in [9.17, 15) is 5.26 Å². The van der Waals surface area contributed by atoms with Crippen LogP contribution in [0.1, 0.15) is 16.8 Å². The summed E-state index contributed by atoms with van der Waals surface area (Å²) in [5.41, 5.74) is 4.97. The highest BCUT2D eigenvalue weighted by Gasteiger charge is 2.15. The van der Waals surface area contributed by atoms with Gasteiger partial charge in [-0.2, -0.15) is 5.26 Å². The van der Waals surface area contributed by atoms with Crippen LogP contribution in [-0.4, -0.2) is 28.5 Å². The average molecular weight is 356 g/mol. The van der Waals surface area contributed by atoms with E-state index in [0.29, 0.717) is 17.8 Å². The van der Waals surface area contributed by atoms with Crippen molar-refractivity contribution in [3.63, 3.8) is 0 Å². The summed E-state index contributed by atoms with van der Waals surface area (Å²) in [6, 6.07) is 18.2. The van der Waals surface area contributed by atoms with Crippen molar-refractivity contribution in [1.29, 1.82) is 5.26 Å². The number of aryl methyl sites for hydroxylation is 1. The van der Waals surface area contributed by atoms with Gasteiger partial charge in [-0.1, -0.05) is 18.2 Å².